The number of benzene rings is 1. The minimum Gasteiger partial charge on any atom is -0.489 e. The number of hydrogen-bond donors (Lipinski definition) is 3. The van der Waals surface area contributed by atoms with Gasteiger partial charge in [-0.2, -0.15) is 4.98 Å². The number of pyridine rings is 1. The summed E-state index contributed by atoms with van der Waals surface area (Å²) in [5.74, 6) is 7.65. The van der Waals surface area contributed by atoms with Gasteiger partial charge in [-0.15, -0.1) is 0 Å². The Balaban J connectivity index is 1.47. The number of nitrogens with zero attached hydrogens (tertiary/aromatic N) is 4. The van der Waals surface area contributed by atoms with Crippen LogP contribution in [0.25, 0.3) is 17.2 Å². The number of nitrogens with one attached hydrogen (secondary N) is 1. The molecule has 33 heavy (non-hydrogen) atoms. The van der Waals surface area contributed by atoms with Gasteiger partial charge in [-0.05, 0) is 62.0 Å². The van der Waals surface area contributed by atoms with E-state index in [9.17, 15) is 0 Å². The average Bonchev–Trinajstić information content (AvgIpc) is 3.30. The molecule has 0 unspecified atom stereocenters. The highest BCUT2D eigenvalue weighted by Crippen LogP contribution is 2.26. The number of hydrazine groups is 1. The number of rotatable bonds is 8. The third kappa shape index (κ3) is 5.61. The number of anilines is 1. The van der Waals surface area contributed by atoms with Gasteiger partial charge in [0.05, 0.1) is 35.4 Å². The maximum absolute atomic E-state index is 6.45. The first-order valence-corrected chi connectivity index (χ1v) is 11.3. The van der Waals surface area contributed by atoms with E-state index in [0.29, 0.717) is 35.5 Å². The van der Waals surface area contributed by atoms with Gasteiger partial charge in [-0.25, -0.2) is 10.8 Å². The first kappa shape index (κ1) is 22.6. The third-order valence-electron chi connectivity index (χ3n) is 5.76. The van der Waals surface area contributed by atoms with Crippen LogP contribution in [0, 0.1) is 6.92 Å². The minimum atomic E-state index is 0.267. The Bertz CT molecular complexity index is 1090. The zero-order valence-corrected chi connectivity index (χ0v) is 19.1. The smallest absolute Gasteiger partial charge is 0.264 e. The van der Waals surface area contributed by atoms with Gasteiger partial charge >= 0.3 is 0 Å². The van der Waals surface area contributed by atoms with Gasteiger partial charge in [0.25, 0.3) is 11.8 Å². The van der Waals surface area contributed by atoms with Crippen LogP contribution in [0.4, 0.5) is 5.95 Å². The lowest BCUT2D eigenvalue weighted by atomic mass is 9.98. The van der Waals surface area contributed by atoms with E-state index in [1.54, 1.807) is 7.05 Å². The average molecular weight is 450 g/mol. The van der Waals surface area contributed by atoms with Crippen LogP contribution in [0.3, 0.4) is 0 Å². The molecule has 0 atom stereocenters. The summed E-state index contributed by atoms with van der Waals surface area (Å²) in [7, 11) is 1.73. The summed E-state index contributed by atoms with van der Waals surface area (Å²) in [6.07, 6.45) is 6.19. The van der Waals surface area contributed by atoms with Crippen LogP contribution in [-0.2, 0) is 0 Å². The molecule has 1 saturated carbocycles. The van der Waals surface area contributed by atoms with Crippen LogP contribution in [0.2, 0.25) is 0 Å². The van der Waals surface area contributed by atoms with E-state index in [1.807, 2.05) is 49.4 Å². The van der Waals surface area contributed by atoms with Crippen molar-refractivity contribution in [3.8, 4) is 17.2 Å². The van der Waals surface area contributed by atoms with E-state index in [-0.39, 0.29) is 6.10 Å². The Hall–Kier alpha value is -3.59. The molecule has 3 aromatic rings. The van der Waals surface area contributed by atoms with Crippen LogP contribution in [-0.4, -0.2) is 39.8 Å². The summed E-state index contributed by atoms with van der Waals surface area (Å²) in [6.45, 7) is 2.23. The highest BCUT2D eigenvalue weighted by atomic mass is 16.5. The standard InChI is InChI=1S/C24H31N7O2/c1-16-21(32-18-11-7-4-8-12-18)14-13-19(28-16)22(25)20(31(2)26)15-27-24-29-23(33-30-24)17-9-5-3-6-10-17/h3,5-6,9-10,13-14,18H,4,7-8,11-12,15,25-26H2,1-2H3,(H,27,30)/b22-20-. The van der Waals surface area contributed by atoms with Crippen molar-refractivity contribution in [3.05, 3.63) is 59.5 Å². The number of ether oxygens (including phenoxy) is 1. The molecule has 2 aromatic heterocycles. The number of aryl methyl sites for hydroxylation is 1. The van der Waals surface area contributed by atoms with Crippen molar-refractivity contribution in [2.75, 3.05) is 18.9 Å². The molecule has 0 saturated heterocycles. The van der Waals surface area contributed by atoms with Crippen LogP contribution >= 0.6 is 0 Å². The van der Waals surface area contributed by atoms with Gasteiger partial charge in [-0.1, -0.05) is 24.6 Å². The molecule has 9 heteroatoms. The van der Waals surface area contributed by atoms with E-state index in [1.165, 1.54) is 24.3 Å². The second kappa shape index (κ2) is 10.4. The molecule has 0 spiro atoms. The summed E-state index contributed by atoms with van der Waals surface area (Å²) < 4.78 is 11.5. The van der Waals surface area contributed by atoms with Crippen LogP contribution in [0.5, 0.6) is 5.75 Å². The van der Waals surface area contributed by atoms with Crippen LogP contribution < -0.4 is 21.6 Å². The molecular formula is C24H31N7O2. The third-order valence-corrected chi connectivity index (χ3v) is 5.76. The van der Waals surface area contributed by atoms with E-state index in [0.717, 1.165) is 29.8 Å². The van der Waals surface area contributed by atoms with Crippen molar-refractivity contribution in [2.45, 2.75) is 45.1 Å². The Morgan fingerprint density at radius 1 is 1.12 bits per heavy atom. The zero-order valence-electron chi connectivity index (χ0n) is 19.1. The fourth-order valence-corrected chi connectivity index (χ4v) is 3.90. The quantitative estimate of drug-likeness (QED) is 0.348. The summed E-state index contributed by atoms with van der Waals surface area (Å²) >= 11 is 0. The molecule has 0 bridgehead atoms. The fraction of sp³-hybridized carbons (Fsp3) is 0.375. The molecule has 2 heterocycles. The summed E-state index contributed by atoms with van der Waals surface area (Å²) in [4.78, 5) is 9.05. The van der Waals surface area contributed by atoms with E-state index < -0.39 is 0 Å². The normalized spacial score (nSPS) is 15.1. The Morgan fingerprint density at radius 2 is 1.88 bits per heavy atom. The summed E-state index contributed by atoms with van der Waals surface area (Å²) in [5.41, 5.74) is 9.85. The molecular weight excluding hydrogens is 418 g/mol. The predicted octanol–water partition coefficient (Wildman–Crippen LogP) is 3.70. The number of nitrogens with two attached hydrogens (primary N) is 2. The summed E-state index contributed by atoms with van der Waals surface area (Å²) in [5, 5.41) is 8.57. The van der Waals surface area contributed by atoms with Crippen molar-refractivity contribution < 1.29 is 9.26 Å². The zero-order chi connectivity index (χ0) is 23.2. The molecule has 1 fully saturated rings. The van der Waals surface area contributed by atoms with Gasteiger partial charge < -0.3 is 25.3 Å². The molecule has 9 nitrogen and oxygen atoms in total. The first-order chi connectivity index (χ1) is 16.0. The molecule has 1 aliphatic rings. The maximum Gasteiger partial charge on any atom is 0.264 e. The Morgan fingerprint density at radius 3 is 2.58 bits per heavy atom. The second-order valence-corrected chi connectivity index (χ2v) is 8.27. The largest absolute Gasteiger partial charge is 0.489 e. The monoisotopic (exact) mass is 449 g/mol. The van der Waals surface area contributed by atoms with Crippen molar-refractivity contribution >= 4 is 11.6 Å². The van der Waals surface area contributed by atoms with Crippen molar-refractivity contribution in [3.63, 3.8) is 0 Å². The van der Waals surface area contributed by atoms with Crippen LogP contribution in [0.1, 0.15) is 43.5 Å². The maximum atomic E-state index is 6.45. The first-order valence-electron chi connectivity index (χ1n) is 11.3. The van der Waals surface area contributed by atoms with Crippen molar-refractivity contribution in [2.24, 2.45) is 11.6 Å². The highest BCUT2D eigenvalue weighted by molar-refractivity contribution is 5.64. The molecule has 0 aliphatic heterocycles. The molecule has 4 rings (SSSR count). The number of hydrogen-bond acceptors (Lipinski definition) is 9. The lowest BCUT2D eigenvalue weighted by molar-refractivity contribution is 0.153. The van der Waals surface area contributed by atoms with E-state index >= 15 is 0 Å². The van der Waals surface area contributed by atoms with Gasteiger partial charge in [0.15, 0.2) is 0 Å². The molecule has 0 radical (unpaired) electrons. The number of aromatic nitrogens is 3. The van der Waals surface area contributed by atoms with Gasteiger partial charge in [0.1, 0.15) is 5.75 Å². The molecule has 174 valence electrons. The highest BCUT2D eigenvalue weighted by Gasteiger charge is 2.18. The second-order valence-electron chi connectivity index (χ2n) is 8.27. The Kier molecular flexibility index (Phi) is 7.09. The lowest BCUT2D eigenvalue weighted by Crippen LogP contribution is -2.32. The van der Waals surface area contributed by atoms with E-state index in [2.05, 4.69) is 20.4 Å². The topological polar surface area (TPSA) is 128 Å². The van der Waals surface area contributed by atoms with Gasteiger partial charge in [-0.3, -0.25) is 0 Å². The molecule has 1 aromatic carbocycles. The van der Waals surface area contributed by atoms with Gasteiger partial charge in [0, 0.05) is 12.6 Å². The van der Waals surface area contributed by atoms with Crippen molar-refractivity contribution in [1.82, 2.24) is 20.1 Å². The SMILES string of the molecule is Cc1nc(/C(N)=C(\CNc2noc(-c3ccccc3)n2)N(C)N)ccc1OC1CCCCC1. The number of likely N-dealkylation sites (N-methyl/N-ethyl adjacent to an activating group) is 1. The molecule has 5 N–H and O–H groups in total. The van der Waals surface area contributed by atoms with E-state index in [4.69, 9.17) is 20.8 Å². The van der Waals surface area contributed by atoms with Gasteiger partial charge in [0.2, 0.25) is 0 Å². The summed E-state index contributed by atoms with van der Waals surface area (Å²) in [6, 6.07) is 13.4. The molecule has 1 aliphatic carbocycles. The predicted molar refractivity (Wildman–Crippen MR) is 128 cm³/mol. The lowest BCUT2D eigenvalue weighted by Gasteiger charge is -2.24. The van der Waals surface area contributed by atoms with Crippen molar-refractivity contribution in [1.29, 1.82) is 0 Å². The van der Waals surface area contributed by atoms with Crippen LogP contribution in [0.15, 0.2) is 52.7 Å². The Labute approximate surface area is 193 Å². The molecule has 0 amide bonds. The fourth-order valence-electron chi connectivity index (χ4n) is 3.90. The minimum absolute atomic E-state index is 0.267.